The van der Waals surface area contributed by atoms with Crippen molar-refractivity contribution < 1.29 is 23.1 Å². The zero-order chi connectivity index (χ0) is 17.3. The highest BCUT2D eigenvalue weighted by atomic mass is 32.2. The number of carbonyl (C=O) groups is 1. The van der Waals surface area contributed by atoms with E-state index in [1.165, 1.54) is 16.8 Å². The molecule has 3 atom stereocenters. The van der Waals surface area contributed by atoms with Crippen molar-refractivity contribution >= 4 is 16.1 Å². The highest BCUT2D eigenvalue weighted by Crippen LogP contribution is 2.31. The lowest BCUT2D eigenvalue weighted by Gasteiger charge is -2.30. The molecule has 10 heteroatoms. The van der Waals surface area contributed by atoms with Crippen LogP contribution in [-0.2, 0) is 21.8 Å². The first-order valence-electron chi connectivity index (χ1n) is 7.97. The van der Waals surface area contributed by atoms with E-state index in [4.69, 9.17) is 9.84 Å². The Morgan fingerprint density at radius 3 is 2.79 bits per heavy atom. The van der Waals surface area contributed by atoms with E-state index >= 15 is 0 Å². The molecule has 2 fully saturated rings. The van der Waals surface area contributed by atoms with E-state index in [0.717, 1.165) is 19.3 Å². The van der Waals surface area contributed by atoms with Crippen LogP contribution < -0.4 is 5.32 Å². The highest BCUT2D eigenvalue weighted by Gasteiger charge is 2.44. The van der Waals surface area contributed by atoms with Gasteiger partial charge in [0.2, 0.25) is 0 Å². The maximum absolute atomic E-state index is 12.7. The number of hydrogen-bond donors (Lipinski definition) is 2. The molecule has 9 nitrogen and oxygen atoms in total. The predicted molar refractivity (Wildman–Crippen MR) is 84.0 cm³/mol. The number of nitrogens with zero attached hydrogens (tertiary/aromatic N) is 3. The van der Waals surface area contributed by atoms with Gasteiger partial charge in [-0.15, -0.1) is 0 Å². The Morgan fingerprint density at radius 2 is 2.21 bits per heavy atom. The van der Waals surface area contributed by atoms with Gasteiger partial charge in [-0.05, 0) is 19.3 Å². The van der Waals surface area contributed by atoms with Crippen LogP contribution in [0, 0.1) is 5.92 Å². The van der Waals surface area contributed by atoms with Gasteiger partial charge in [0.25, 0.3) is 10.0 Å². The fraction of sp³-hybridized carbons (Fsp3) is 0.714. The number of aryl methyl sites for hydroxylation is 1. The fourth-order valence-electron chi connectivity index (χ4n) is 3.43. The van der Waals surface area contributed by atoms with E-state index < -0.39 is 22.2 Å². The Kier molecular flexibility index (Phi) is 4.79. The van der Waals surface area contributed by atoms with Gasteiger partial charge in [0.1, 0.15) is 0 Å². The molecule has 2 saturated heterocycles. The van der Waals surface area contributed by atoms with Crippen LogP contribution in [0.15, 0.2) is 17.6 Å². The molecule has 2 aliphatic rings. The lowest BCUT2D eigenvalue weighted by atomic mass is 9.92. The second kappa shape index (κ2) is 6.69. The lowest BCUT2D eigenvalue weighted by molar-refractivity contribution is -0.0223. The third-order valence-electron chi connectivity index (χ3n) is 4.62. The number of carboxylic acid groups (broad SMARTS) is 1. The predicted octanol–water partition coefficient (Wildman–Crippen LogP) is 0.246. The van der Waals surface area contributed by atoms with Crippen LogP contribution in [0.5, 0.6) is 0 Å². The van der Waals surface area contributed by atoms with E-state index in [1.54, 1.807) is 11.6 Å². The highest BCUT2D eigenvalue weighted by molar-refractivity contribution is 7.89. The summed E-state index contributed by atoms with van der Waals surface area (Å²) in [6, 6.07) is -0.482. The van der Waals surface area contributed by atoms with Crippen LogP contribution in [0.3, 0.4) is 0 Å². The smallest absolute Gasteiger partial charge is 0.404 e. The summed E-state index contributed by atoms with van der Waals surface area (Å²) in [7, 11) is -2.05. The lowest BCUT2D eigenvalue weighted by Crippen LogP contribution is -2.45. The molecule has 0 unspecified atom stereocenters. The Morgan fingerprint density at radius 1 is 1.42 bits per heavy atom. The zero-order valence-corrected chi connectivity index (χ0v) is 14.3. The second-order valence-electron chi connectivity index (χ2n) is 6.32. The van der Waals surface area contributed by atoms with E-state index in [2.05, 4.69) is 10.3 Å². The summed E-state index contributed by atoms with van der Waals surface area (Å²) in [4.78, 5) is 15.0. The van der Waals surface area contributed by atoms with Crippen LogP contribution in [0.1, 0.15) is 19.3 Å². The van der Waals surface area contributed by atoms with Crippen molar-refractivity contribution in [2.45, 2.75) is 36.4 Å². The molecule has 1 aromatic rings. The van der Waals surface area contributed by atoms with Crippen LogP contribution in [0.4, 0.5) is 4.79 Å². The van der Waals surface area contributed by atoms with Gasteiger partial charge < -0.3 is 19.7 Å². The van der Waals surface area contributed by atoms with E-state index in [9.17, 15) is 13.2 Å². The first kappa shape index (κ1) is 17.2. The standard InChI is InChI=1S/C14H22N4O5S/c1-17-8-13(15-9-17)24(21,22)18-6-10(11(7-18)16-14(19)20)12-4-2-3-5-23-12/h8-12,16H,2-7H2,1H3,(H,19,20)/t10-,11-,12+/m0/s1. The third-order valence-corrected chi connectivity index (χ3v) is 6.34. The number of aromatic nitrogens is 2. The topological polar surface area (TPSA) is 114 Å². The van der Waals surface area contributed by atoms with Crippen molar-refractivity contribution in [2.75, 3.05) is 19.7 Å². The van der Waals surface area contributed by atoms with Crippen molar-refractivity contribution in [1.29, 1.82) is 0 Å². The van der Waals surface area contributed by atoms with Crippen molar-refractivity contribution in [3.05, 3.63) is 12.5 Å². The quantitative estimate of drug-likeness (QED) is 0.797. The Hall–Kier alpha value is -1.65. The summed E-state index contributed by atoms with van der Waals surface area (Å²) in [5, 5.41) is 11.5. The molecule has 2 N–H and O–H groups in total. The van der Waals surface area contributed by atoms with Gasteiger partial charge in [-0.3, -0.25) is 0 Å². The molecule has 3 rings (SSSR count). The monoisotopic (exact) mass is 358 g/mol. The van der Waals surface area contributed by atoms with Gasteiger partial charge in [0.15, 0.2) is 5.03 Å². The molecule has 0 saturated carbocycles. The summed E-state index contributed by atoms with van der Waals surface area (Å²) >= 11 is 0. The summed E-state index contributed by atoms with van der Waals surface area (Å²) in [5.74, 6) is -0.195. The minimum absolute atomic E-state index is 0.0238. The van der Waals surface area contributed by atoms with Gasteiger partial charge in [-0.25, -0.2) is 18.2 Å². The molecule has 134 valence electrons. The number of nitrogens with one attached hydrogen (secondary N) is 1. The van der Waals surface area contributed by atoms with Crippen molar-refractivity contribution in [3.8, 4) is 0 Å². The van der Waals surface area contributed by atoms with Gasteiger partial charge >= 0.3 is 6.09 Å². The molecule has 2 aliphatic heterocycles. The first-order valence-corrected chi connectivity index (χ1v) is 9.41. The SMILES string of the molecule is Cn1cnc(S(=O)(=O)N2C[C@H]([C@H]3CCCCO3)[C@@H](NC(=O)O)C2)c1. The average molecular weight is 358 g/mol. The minimum Gasteiger partial charge on any atom is -0.465 e. The van der Waals surface area contributed by atoms with Crippen molar-refractivity contribution in [2.24, 2.45) is 13.0 Å². The molecular weight excluding hydrogens is 336 g/mol. The Bertz CT molecular complexity index is 698. The van der Waals surface area contributed by atoms with E-state index in [1.807, 2.05) is 0 Å². The minimum atomic E-state index is -3.75. The number of amides is 1. The molecule has 0 aliphatic carbocycles. The van der Waals surface area contributed by atoms with Crippen LogP contribution >= 0.6 is 0 Å². The number of ether oxygens (including phenoxy) is 1. The Balaban J connectivity index is 1.81. The molecule has 0 aromatic carbocycles. The molecule has 3 heterocycles. The molecule has 0 radical (unpaired) electrons. The normalized spacial score (nSPS) is 28.8. The molecule has 1 amide bonds. The first-order chi connectivity index (χ1) is 11.4. The fourth-order valence-corrected chi connectivity index (χ4v) is 4.90. The average Bonchev–Trinajstić information content (AvgIpc) is 3.15. The molecular formula is C14H22N4O5S. The van der Waals surface area contributed by atoms with Crippen LogP contribution in [0.2, 0.25) is 0 Å². The second-order valence-corrected chi connectivity index (χ2v) is 8.21. The number of imidazole rings is 1. The van der Waals surface area contributed by atoms with Gasteiger partial charge in [-0.2, -0.15) is 4.31 Å². The van der Waals surface area contributed by atoms with Crippen molar-refractivity contribution in [1.82, 2.24) is 19.2 Å². The molecule has 0 bridgehead atoms. The molecule has 1 aromatic heterocycles. The third kappa shape index (κ3) is 3.40. The summed E-state index contributed by atoms with van der Waals surface area (Å²) in [6.07, 6.45) is 4.40. The maximum Gasteiger partial charge on any atom is 0.404 e. The Labute approximate surface area is 140 Å². The van der Waals surface area contributed by atoms with Crippen LogP contribution in [0.25, 0.3) is 0 Å². The zero-order valence-electron chi connectivity index (χ0n) is 13.5. The van der Waals surface area contributed by atoms with Crippen molar-refractivity contribution in [3.63, 3.8) is 0 Å². The van der Waals surface area contributed by atoms with Crippen LogP contribution in [-0.4, -0.2) is 65.3 Å². The number of hydrogen-bond acceptors (Lipinski definition) is 5. The summed E-state index contributed by atoms with van der Waals surface area (Å²) < 4.78 is 34.1. The van der Waals surface area contributed by atoms with Gasteiger partial charge in [0.05, 0.1) is 18.5 Å². The summed E-state index contributed by atoms with van der Waals surface area (Å²) in [5.41, 5.74) is 0. The van der Waals surface area contributed by atoms with Gasteiger partial charge in [-0.1, -0.05) is 0 Å². The number of sulfonamides is 1. The largest absolute Gasteiger partial charge is 0.465 e. The molecule has 24 heavy (non-hydrogen) atoms. The number of rotatable bonds is 4. The molecule has 0 spiro atoms. The van der Waals surface area contributed by atoms with Gasteiger partial charge in [0, 0.05) is 38.9 Å². The van der Waals surface area contributed by atoms with E-state index in [-0.39, 0.29) is 30.1 Å². The van der Waals surface area contributed by atoms with E-state index in [0.29, 0.717) is 6.61 Å². The summed E-state index contributed by atoms with van der Waals surface area (Å²) in [6.45, 7) is 0.957. The maximum atomic E-state index is 12.7.